The lowest BCUT2D eigenvalue weighted by atomic mass is 9.93. The molecule has 1 aromatic carbocycles. The van der Waals surface area contributed by atoms with Crippen molar-refractivity contribution in [1.29, 1.82) is 0 Å². The molecule has 0 aliphatic carbocycles. The van der Waals surface area contributed by atoms with E-state index in [1.165, 1.54) is 9.13 Å². The van der Waals surface area contributed by atoms with Crippen molar-refractivity contribution in [2.24, 2.45) is 0 Å². The minimum Gasteiger partial charge on any atom is -0.390 e. The molecule has 102 valence electrons. The Morgan fingerprint density at radius 1 is 1.28 bits per heavy atom. The fourth-order valence-electron chi connectivity index (χ4n) is 1.79. The molecule has 2 N–H and O–H groups in total. The molecule has 0 saturated heterocycles. The van der Waals surface area contributed by atoms with Crippen molar-refractivity contribution in [2.75, 3.05) is 26.8 Å². The zero-order valence-electron chi connectivity index (χ0n) is 11.1. The Bertz CT molecular complexity index is 338. The maximum absolute atomic E-state index is 10.3. The number of aliphatic hydroxyl groups is 1. The average Bonchev–Trinajstić information content (AvgIpc) is 2.31. The fraction of sp³-hybridized carbons (Fsp3) is 0.571. The second kappa shape index (κ2) is 8.09. The Labute approximate surface area is 123 Å². The van der Waals surface area contributed by atoms with Crippen LogP contribution in [0.1, 0.15) is 18.9 Å². The van der Waals surface area contributed by atoms with Crippen molar-refractivity contribution in [3.05, 3.63) is 33.4 Å². The van der Waals surface area contributed by atoms with Crippen LogP contribution in [0.15, 0.2) is 24.3 Å². The molecule has 1 aromatic rings. The van der Waals surface area contributed by atoms with Gasteiger partial charge in [-0.2, -0.15) is 0 Å². The van der Waals surface area contributed by atoms with Crippen LogP contribution in [0.2, 0.25) is 0 Å². The highest BCUT2D eigenvalue weighted by Crippen LogP contribution is 2.17. The first-order valence-corrected chi connectivity index (χ1v) is 7.28. The number of halogens is 1. The molecule has 0 spiro atoms. The number of ether oxygens (including phenoxy) is 1. The summed E-state index contributed by atoms with van der Waals surface area (Å²) in [5, 5.41) is 13.6. The molecule has 0 aliphatic rings. The number of hydrogen-bond donors (Lipinski definition) is 2. The Kier molecular flexibility index (Phi) is 7.14. The SMILES string of the molecule is COCCNCCC(C)(O)Cc1ccc(I)cc1. The Morgan fingerprint density at radius 2 is 1.94 bits per heavy atom. The second-order valence-electron chi connectivity index (χ2n) is 4.79. The average molecular weight is 363 g/mol. The van der Waals surface area contributed by atoms with Gasteiger partial charge in [0.05, 0.1) is 12.2 Å². The van der Waals surface area contributed by atoms with Gasteiger partial charge in [-0.05, 0) is 60.2 Å². The normalized spacial score (nSPS) is 14.4. The van der Waals surface area contributed by atoms with E-state index in [0.29, 0.717) is 13.0 Å². The minimum absolute atomic E-state index is 0.660. The van der Waals surface area contributed by atoms with Crippen LogP contribution in [0.4, 0.5) is 0 Å². The molecular weight excluding hydrogens is 341 g/mol. The topological polar surface area (TPSA) is 41.5 Å². The molecule has 0 aliphatic heterocycles. The Morgan fingerprint density at radius 3 is 2.56 bits per heavy atom. The van der Waals surface area contributed by atoms with Gasteiger partial charge in [-0.3, -0.25) is 0 Å². The van der Waals surface area contributed by atoms with Gasteiger partial charge in [0, 0.05) is 23.6 Å². The van der Waals surface area contributed by atoms with Crippen LogP contribution in [-0.4, -0.2) is 37.5 Å². The predicted octanol–water partition coefficient (Wildman–Crippen LogP) is 2.21. The van der Waals surface area contributed by atoms with E-state index < -0.39 is 5.60 Å². The van der Waals surface area contributed by atoms with Crippen molar-refractivity contribution in [3.8, 4) is 0 Å². The van der Waals surface area contributed by atoms with Crippen LogP contribution < -0.4 is 5.32 Å². The maximum atomic E-state index is 10.3. The van der Waals surface area contributed by atoms with E-state index in [9.17, 15) is 5.11 Å². The van der Waals surface area contributed by atoms with Crippen molar-refractivity contribution in [2.45, 2.75) is 25.4 Å². The van der Waals surface area contributed by atoms with Gasteiger partial charge in [0.1, 0.15) is 0 Å². The lowest BCUT2D eigenvalue weighted by Gasteiger charge is -2.23. The lowest BCUT2D eigenvalue weighted by molar-refractivity contribution is 0.0510. The largest absolute Gasteiger partial charge is 0.390 e. The van der Waals surface area contributed by atoms with Crippen molar-refractivity contribution < 1.29 is 9.84 Å². The van der Waals surface area contributed by atoms with Gasteiger partial charge in [0.25, 0.3) is 0 Å². The Hall–Kier alpha value is -0.170. The monoisotopic (exact) mass is 363 g/mol. The molecule has 0 radical (unpaired) electrons. The first-order valence-electron chi connectivity index (χ1n) is 6.20. The number of hydrogen-bond acceptors (Lipinski definition) is 3. The molecule has 0 aromatic heterocycles. The molecule has 4 heteroatoms. The van der Waals surface area contributed by atoms with Crippen molar-refractivity contribution >= 4 is 22.6 Å². The Balaban J connectivity index is 2.32. The van der Waals surface area contributed by atoms with E-state index >= 15 is 0 Å². The van der Waals surface area contributed by atoms with Gasteiger partial charge in [0.15, 0.2) is 0 Å². The number of methoxy groups -OCH3 is 1. The van der Waals surface area contributed by atoms with Crippen LogP contribution in [0.3, 0.4) is 0 Å². The van der Waals surface area contributed by atoms with E-state index in [1.807, 2.05) is 6.92 Å². The molecule has 0 saturated carbocycles. The predicted molar refractivity (Wildman–Crippen MR) is 82.8 cm³/mol. The molecule has 0 heterocycles. The molecule has 1 atom stereocenters. The zero-order valence-corrected chi connectivity index (χ0v) is 13.2. The molecule has 3 nitrogen and oxygen atoms in total. The summed E-state index contributed by atoms with van der Waals surface area (Å²) in [6.45, 7) is 4.24. The van der Waals surface area contributed by atoms with Crippen LogP contribution >= 0.6 is 22.6 Å². The third-order valence-corrected chi connectivity index (χ3v) is 3.54. The molecule has 18 heavy (non-hydrogen) atoms. The molecule has 1 rings (SSSR count). The standard InChI is InChI=1S/C14H22INO2/c1-14(17,7-8-16-9-10-18-2)11-12-3-5-13(15)6-4-12/h3-6,16-17H,7-11H2,1-2H3. The molecular formula is C14H22INO2. The maximum Gasteiger partial charge on any atom is 0.0672 e. The highest BCUT2D eigenvalue weighted by molar-refractivity contribution is 14.1. The number of nitrogens with one attached hydrogen (secondary N) is 1. The highest BCUT2D eigenvalue weighted by atomic mass is 127. The van der Waals surface area contributed by atoms with E-state index in [2.05, 4.69) is 52.2 Å². The van der Waals surface area contributed by atoms with E-state index in [0.717, 1.165) is 19.5 Å². The van der Waals surface area contributed by atoms with Crippen LogP contribution in [-0.2, 0) is 11.2 Å². The van der Waals surface area contributed by atoms with Crippen molar-refractivity contribution in [1.82, 2.24) is 5.32 Å². The summed E-state index contributed by atoms with van der Waals surface area (Å²) in [6, 6.07) is 8.30. The third kappa shape index (κ3) is 6.68. The summed E-state index contributed by atoms with van der Waals surface area (Å²) in [6.07, 6.45) is 1.43. The van der Waals surface area contributed by atoms with Gasteiger partial charge in [-0.25, -0.2) is 0 Å². The first kappa shape index (κ1) is 15.9. The summed E-state index contributed by atoms with van der Waals surface area (Å²) in [4.78, 5) is 0. The quantitative estimate of drug-likeness (QED) is 0.550. The van der Waals surface area contributed by atoms with E-state index in [-0.39, 0.29) is 0 Å². The summed E-state index contributed by atoms with van der Waals surface area (Å²) >= 11 is 2.28. The lowest BCUT2D eigenvalue weighted by Crippen LogP contribution is -2.33. The number of rotatable bonds is 8. The zero-order chi connectivity index (χ0) is 13.4. The van der Waals surface area contributed by atoms with Crippen LogP contribution in [0.5, 0.6) is 0 Å². The van der Waals surface area contributed by atoms with Gasteiger partial charge in [-0.15, -0.1) is 0 Å². The minimum atomic E-state index is -0.660. The summed E-state index contributed by atoms with van der Waals surface area (Å²) < 4.78 is 6.17. The summed E-state index contributed by atoms with van der Waals surface area (Å²) in [5.74, 6) is 0. The van der Waals surface area contributed by atoms with Gasteiger partial charge in [0.2, 0.25) is 0 Å². The van der Waals surface area contributed by atoms with E-state index in [4.69, 9.17) is 4.74 Å². The van der Waals surface area contributed by atoms with Crippen LogP contribution in [0.25, 0.3) is 0 Å². The number of benzene rings is 1. The molecule has 0 fully saturated rings. The van der Waals surface area contributed by atoms with E-state index in [1.54, 1.807) is 7.11 Å². The van der Waals surface area contributed by atoms with Gasteiger partial charge < -0.3 is 15.2 Å². The van der Waals surface area contributed by atoms with Crippen molar-refractivity contribution in [3.63, 3.8) is 0 Å². The summed E-state index contributed by atoms with van der Waals surface area (Å²) in [7, 11) is 1.69. The molecule has 0 bridgehead atoms. The van der Waals surface area contributed by atoms with Gasteiger partial charge >= 0.3 is 0 Å². The summed E-state index contributed by atoms with van der Waals surface area (Å²) in [5.41, 5.74) is 0.518. The fourth-order valence-corrected chi connectivity index (χ4v) is 2.15. The smallest absolute Gasteiger partial charge is 0.0672 e. The highest BCUT2D eigenvalue weighted by Gasteiger charge is 2.20. The molecule has 1 unspecified atom stereocenters. The molecule has 0 amide bonds. The third-order valence-electron chi connectivity index (χ3n) is 2.82. The first-order chi connectivity index (χ1) is 8.53. The van der Waals surface area contributed by atoms with Crippen LogP contribution in [0, 0.1) is 3.57 Å². The second-order valence-corrected chi connectivity index (χ2v) is 6.04. The van der Waals surface area contributed by atoms with Gasteiger partial charge in [-0.1, -0.05) is 12.1 Å².